The predicted molar refractivity (Wildman–Crippen MR) is 95.9 cm³/mol. The number of benzene rings is 2. The monoisotopic (exact) mass is 337 g/mol. The summed E-state index contributed by atoms with van der Waals surface area (Å²) < 4.78 is 10.5. The summed E-state index contributed by atoms with van der Waals surface area (Å²) in [6.45, 7) is 0. The molecule has 0 radical (unpaired) electrons. The molecule has 3 rings (SSSR count). The van der Waals surface area contributed by atoms with Gasteiger partial charge in [-0.15, -0.1) is 0 Å². The Labute approximate surface area is 145 Å². The van der Waals surface area contributed by atoms with Gasteiger partial charge in [0.05, 0.1) is 26.3 Å². The Hall–Kier alpha value is -3.28. The van der Waals surface area contributed by atoms with Gasteiger partial charge in [-0.3, -0.25) is 9.89 Å². The Balaban J connectivity index is 1.71. The lowest BCUT2D eigenvalue weighted by Crippen LogP contribution is -2.14. The summed E-state index contributed by atoms with van der Waals surface area (Å²) >= 11 is 0. The Morgan fingerprint density at radius 3 is 2.52 bits per heavy atom. The van der Waals surface area contributed by atoms with Crippen LogP contribution < -0.4 is 14.8 Å². The van der Waals surface area contributed by atoms with Gasteiger partial charge in [-0.2, -0.15) is 5.10 Å². The lowest BCUT2D eigenvalue weighted by atomic mass is 10.1. The minimum atomic E-state index is -0.103. The first kappa shape index (κ1) is 16.6. The van der Waals surface area contributed by atoms with E-state index in [4.69, 9.17) is 9.47 Å². The molecule has 0 spiro atoms. The Kier molecular flexibility index (Phi) is 4.99. The number of anilines is 1. The van der Waals surface area contributed by atoms with Gasteiger partial charge in [-0.1, -0.05) is 18.2 Å². The molecule has 0 aliphatic carbocycles. The molecule has 25 heavy (non-hydrogen) atoms. The number of methoxy groups -OCH3 is 2. The molecule has 0 aliphatic heterocycles. The van der Waals surface area contributed by atoms with Crippen molar-refractivity contribution in [3.05, 3.63) is 60.3 Å². The standard InChI is InChI=1S/C19H19N3O3/c1-24-17-9-8-13(10-18(17)25-2)16-11-15(21-22-16)12-19(23)20-14-6-4-3-5-7-14/h3-11H,12H2,1-2H3,(H,20,23)(H,21,22). The number of H-pyrrole nitrogens is 1. The van der Waals surface area contributed by atoms with Gasteiger partial charge in [0.1, 0.15) is 0 Å². The number of rotatable bonds is 6. The molecule has 0 fully saturated rings. The van der Waals surface area contributed by atoms with Crippen LogP contribution >= 0.6 is 0 Å². The fraction of sp³-hybridized carbons (Fsp3) is 0.158. The molecule has 6 heteroatoms. The third-order valence-electron chi connectivity index (χ3n) is 3.72. The molecular formula is C19H19N3O3. The zero-order valence-electron chi connectivity index (χ0n) is 14.1. The smallest absolute Gasteiger partial charge is 0.230 e. The van der Waals surface area contributed by atoms with Gasteiger partial charge in [0.25, 0.3) is 0 Å². The van der Waals surface area contributed by atoms with Gasteiger partial charge in [0, 0.05) is 16.9 Å². The number of ether oxygens (including phenoxy) is 2. The Morgan fingerprint density at radius 1 is 1.04 bits per heavy atom. The number of nitrogens with zero attached hydrogens (tertiary/aromatic N) is 1. The van der Waals surface area contributed by atoms with Crippen LogP contribution in [0, 0.1) is 0 Å². The van der Waals surface area contributed by atoms with Crippen molar-refractivity contribution in [1.29, 1.82) is 0 Å². The number of aromatic amines is 1. The average Bonchev–Trinajstić information content (AvgIpc) is 3.10. The zero-order chi connectivity index (χ0) is 17.6. The van der Waals surface area contributed by atoms with E-state index in [1.165, 1.54) is 0 Å². The number of hydrogen-bond acceptors (Lipinski definition) is 4. The minimum absolute atomic E-state index is 0.103. The highest BCUT2D eigenvalue weighted by molar-refractivity contribution is 5.92. The summed E-state index contributed by atoms with van der Waals surface area (Å²) in [5.41, 5.74) is 3.12. The second-order valence-electron chi connectivity index (χ2n) is 5.44. The van der Waals surface area contributed by atoms with Gasteiger partial charge in [0.2, 0.25) is 5.91 Å². The normalized spacial score (nSPS) is 10.3. The molecule has 0 atom stereocenters. The third-order valence-corrected chi connectivity index (χ3v) is 3.72. The van der Waals surface area contributed by atoms with Crippen LogP contribution in [0.4, 0.5) is 5.69 Å². The maximum absolute atomic E-state index is 12.1. The molecule has 0 saturated carbocycles. The summed E-state index contributed by atoms with van der Waals surface area (Å²) in [6.07, 6.45) is 0.217. The first-order chi connectivity index (χ1) is 12.2. The highest BCUT2D eigenvalue weighted by Gasteiger charge is 2.11. The molecule has 1 heterocycles. The molecule has 6 nitrogen and oxygen atoms in total. The molecule has 0 aliphatic rings. The van der Waals surface area contributed by atoms with Gasteiger partial charge in [-0.25, -0.2) is 0 Å². The topological polar surface area (TPSA) is 76.2 Å². The molecule has 3 aromatic rings. The SMILES string of the molecule is COc1ccc(-c2cc(CC(=O)Nc3ccccc3)[nH]n2)cc1OC. The van der Waals surface area contributed by atoms with Crippen molar-refractivity contribution in [3.8, 4) is 22.8 Å². The van der Waals surface area contributed by atoms with E-state index in [0.717, 1.165) is 22.6 Å². The predicted octanol–water partition coefficient (Wildman–Crippen LogP) is 3.28. The molecule has 128 valence electrons. The average molecular weight is 337 g/mol. The highest BCUT2D eigenvalue weighted by Crippen LogP contribution is 2.31. The van der Waals surface area contributed by atoms with Crippen LogP contribution in [0.3, 0.4) is 0 Å². The second-order valence-corrected chi connectivity index (χ2v) is 5.44. The minimum Gasteiger partial charge on any atom is -0.493 e. The van der Waals surface area contributed by atoms with E-state index < -0.39 is 0 Å². The fourth-order valence-electron chi connectivity index (χ4n) is 2.50. The van der Waals surface area contributed by atoms with E-state index in [0.29, 0.717) is 11.5 Å². The summed E-state index contributed by atoms with van der Waals surface area (Å²) in [4.78, 5) is 12.1. The zero-order valence-corrected chi connectivity index (χ0v) is 14.1. The van der Waals surface area contributed by atoms with Crippen LogP contribution in [0.1, 0.15) is 5.69 Å². The van der Waals surface area contributed by atoms with Crippen LogP contribution in [-0.4, -0.2) is 30.3 Å². The van der Waals surface area contributed by atoms with Crippen LogP contribution in [-0.2, 0) is 11.2 Å². The van der Waals surface area contributed by atoms with E-state index in [9.17, 15) is 4.79 Å². The molecule has 0 unspecified atom stereocenters. The second kappa shape index (κ2) is 7.53. The van der Waals surface area contributed by atoms with E-state index in [-0.39, 0.29) is 12.3 Å². The molecule has 2 aromatic carbocycles. The first-order valence-electron chi connectivity index (χ1n) is 7.81. The summed E-state index contributed by atoms with van der Waals surface area (Å²) in [5, 5.41) is 10.0. The van der Waals surface area contributed by atoms with Gasteiger partial charge in [-0.05, 0) is 36.4 Å². The number of carbonyl (C=O) groups is 1. The lowest BCUT2D eigenvalue weighted by molar-refractivity contribution is -0.115. The number of amides is 1. The number of nitrogens with one attached hydrogen (secondary N) is 2. The Bertz CT molecular complexity index is 859. The highest BCUT2D eigenvalue weighted by atomic mass is 16.5. The number of carbonyl (C=O) groups excluding carboxylic acids is 1. The molecule has 0 saturated heterocycles. The first-order valence-corrected chi connectivity index (χ1v) is 7.81. The molecule has 2 N–H and O–H groups in total. The van der Waals surface area contributed by atoms with Crippen molar-refractivity contribution in [2.24, 2.45) is 0 Å². The molecule has 1 amide bonds. The Morgan fingerprint density at radius 2 is 1.80 bits per heavy atom. The summed E-state index contributed by atoms with van der Waals surface area (Å²) in [7, 11) is 3.18. The van der Waals surface area contributed by atoms with Crippen molar-refractivity contribution in [3.63, 3.8) is 0 Å². The van der Waals surface area contributed by atoms with Crippen LogP contribution in [0.5, 0.6) is 11.5 Å². The van der Waals surface area contributed by atoms with E-state index in [1.807, 2.05) is 54.6 Å². The van der Waals surface area contributed by atoms with E-state index in [2.05, 4.69) is 15.5 Å². The van der Waals surface area contributed by atoms with Crippen molar-refractivity contribution in [1.82, 2.24) is 10.2 Å². The lowest BCUT2D eigenvalue weighted by Gasteiger charge is -2.08. The quantitative estimate of drug-likeness (QED) is 0.724. The number of para-hydroxylation sites is 1. The van der Waals surface area contributed by atoms with Gasteiger partial charge < -0.3 is 14.8 Å². The van der Waals surface area contributed by atoms with Crippen molar-refractivity contribution < 1.29 is 14.3 Å². The van der Waals surface area contributed by atoms with E-state index in [1.54, 1.807) is 14.2 Å². The van der Waals surface area contributed by atoms with Crippen molar-refractivity contribution in [2.75, 3.05) is 19.5 Å². The maximum Gasteiger partial charge on any atom is 0.230 e. The van der Waals surface area contributed by atoms with Crippen LogP contribution in [0.2, 0.25) is 0 Å². The van der Waals surface area contributed by atoms with Crippen molar-refractivity contribution in [2.45, 2.75) is 6.42 Å². The fourth-order valence-corrected chi connectivity index (χ4v) is 2.50. The number of hydrogen-bond donors (Lipinski definition) is 2. The molecule has 1 aromatic heterocycles. The maximum atomic E-state index is 12.1. The van der Waals surface area contributed by atoms with E-state index >= 15 is 0 Å². The van der Waals surface area contributed by atoms with Crippen LogP contribution in [0.25, 0.3) is 11.3 Å². The summed E-state index contributed by atoms with van der Waals surface area (Å²) in [6, 6.07) is 16.8. The molecular weight excluding hydrogens is 318 g/mol. The third kappa shape index (κ3) is 3.98. The van der Waals surface area contributed by atoms with Crippen molar-refractivity contribution >= 4 is 11.6 Å². The van der Waals surface area contributed by atoms with Crippen LogP contribution in [0.15, 0.2) is 54.6 Å². The molecule has 0 bridgehead atoms. The van der Waals surface area contributed by atoms with Gasteiger partial charge in [0.15, 0.2) is 11.5 Å². The summed E-state index contributed by atoms with van der Waals surface area (Å²) in [5.74, 6) is 1.18. The largest absolute Gasteiger partial charge is 0.493 e. The van der Waals surface area contributed by atoms with Gasteiger partial charge >= 0.3 is 0 Å². The number of aromatic nitrogens is 2.